The second kappa shape index (κ2) is 5.57. The minimum Gasteiger partial charge on any atom is -0.398 e. The number of rotatable bonds is 3. The van der Waals surface area contributed by atoms with Crippen molar-refractivity contribution in [2.75, 3.05) is 37.3 Å². The first-order chi connectivity index (χ1) is 8.61. The molecule has 2 N–H and O–H groups in total. The number of nitrogens with two attached hydrogens (primary N) is 1. The molecular weight excluding hydrogens is 224 g/mol. The van der Waals surface area contributed by atoms with E-state index in [0.717, 1.165) is 23.6 Å². The Morgan fingerprint density at radius 1 is 1.44 bits per heavy atom. The first-order valence-corrected chi connectivity index (χ1v) is 6.79. The Kier molecular flexibility index (Phi) is 4.07. The molecule has 100 valence electrons. The van der Waals surface area contributed by atoms with Crippen molar-refractivity contribution in [2.45, 2.75) is 32.7 Å². The third kappa shape index (κ3) is 2.75. The van der Waals surface area contributed by atoms with E-state index in [1.54, 1.807) is 0 Å². The van der Waals surface area contributed by atoms with Crippen LogP contribution in [0.25, 0.3) is 0 Å². The minimum absolute atomic E-state index is 0.586. The molecule has 0 aromatic carbocycles. The van der Waals surface area contributed by atoms with Crippen molar-refractivity contribution in [3.05, 3.63) is 17.8 Å². The Balaban J connectivity index is 2.03. The monoisotopic (exact) mass is 248 g/mol. The number of aromatic nitrogens is 1. The predicted octanol–water partition coefficient (Wildman–Crippen LogP) is 1.89. The Hall–Kier alpha value is -1.29. The quantitative estimate of drug-likeness (QED) is 0.887. The molecule has 0 aliphatic carbocycles. The van der Waals surface area contributed by atoms with Crippen molar-refractivity contribution < 1.29 is 0 Å². The van der Waals surface area contributed by atoms with Crippen LogP contribution >= 0.6 is 0 Å². The topological polar surface area (TPSA) is 45.4 Å². The van der Waals surface area contributed by atoms with E-state index >= 15 is 0 Å². The first-order valence-electron chi connectivity index (χ1n) is 6.79. The van der Waals surface area contributed by atoms with Crippen molar-refractivity contribution in [3.63, 3.8) is 0 Å². The second-order valence-electron chi connectivity index (χ2n) is 5.18. The molecule has 0 saturated carbocycles. The molecule has 0 spiro atoms. The van der Waals surface area contributed by atoms with Gasteiger partial charge >= 0.3 is 0 Å². The van der Waals surface area contributed by atoms with Gasteiger partial charge in [0.1, 0.15) is 5.82 Å². The van der Waals surface area contributed by atoms with Crippen LogP contribution in [0.1, 0.15) is 25.3 Å². The average Bonchev–Trinajstić information content (AvgIpc) is 2.41. The third-order valence-corrected chi connectivity index (χ3v) is 4.04. The Labute approximate surface area is 110 Å². The molecule has 2 heterocycles. The number of nitrogen functional groups attached to an aromatic ring is 1. The fourth-order valence-corrected chi connectivity index (χ4v) is 2.53. The van der Waals surface area contributed by atoms with Gasteiger partial charge < -0.3 is 15.5 Å². The van der Waals surface area contributed by atoms with Crippen LogP contribution in [0.3, 0.4) is 0 Å². The van der Waals surface area contributed by atoms with Crippen LogP contribution in [0.15, 0.2) is 12.3 Å². The summed E-state index contributed by atoms with van der Waals surface area (Å²) >= 11 is 0. The van der Waals surface area contributed by atoms with Crippen LogP contribution in [0, 0.1) is 6.92 Å². The number of hydrogen-bond acceptors (Lipinski definition) is 4. The van der Waals surface area contributed by atoms with E-state index in [-0.39, 0.29) is 0 Å². The summed E-state index contributed by atoms with van der Waals surface area (Å²) in [6.07, 6.45) is 4.28. The van der Waals surface area contributed by atoms with Crippen LogP contribution < -0.4 is 10.6 Å². The summed E-state index contributed by atoms with van der Waals surface area (Å²) in [5.41, 5.74) is 7.84. The largest absolute Gasteiger partial charge is 0.398 e. The molecular formula is C14H24N4. The number of aryl methyl sites for hydroxylation is 1. The van der Waals surface area contributed by atoms with E-state index in [1.165, 1.54) is 25.9 Å². The predicted molar refractivity (Wildman–Crippen MR) is 76.9 cm³/mol. The number of hydrogen-bond donors (Lipinski definition) is 1. The van der Waals surface area contributed by atoms with Gasteiger partial charge in [0.15, 0.2) is 0 Å². The standard InChI is InChI=1S/C14H24N4/c1-4-18-7-5-12(6-8-18)17(3)14-9-13(15)11(2)10-16-14/h9-10,12H,4-8H2,1-3H3,(H2,15,16). The third-order valence-electron chi connectivity index (χ3n) is 4.04. The highest BCUT2D eigenvalue weighted by molar-refractivity contribution is 5.54. The van der Waals surface area contributed by atoms with Crippen molar-refractivity contribution in [2.24, 2.45) is 0 Å². The lowest BCUT2D eigenvalue weighted by Gasteiger charge is -2.37. The molecule has 0 radical (unpaired) electrons. The second-order valence-corrected chi connectivity index (χ2v) is 5.18. The summed E-state index contributed by atoms with van der Waals surface area (Å²) < 4.78 is 0. The van der Waals surface area contributed by atoms with Crippen molar-refractivity contribution in [1.82, 2.24) is 9.88 Å². The van der Waals surface area contributed by atoms with Crippen LogP contribution in [-0.4, -0.2) is 42.6 Å². The molecule has 1 aromatic heterocycles. The molecule has 1 aliphatic rings. The molecule has 2 rings (SSSR count). The van der Waals surface area contributed by atoms with E-state index in [9.17, 15) is 0 Å². The normalized spacial score (nSPS) is 17.9. The first kappa shape index (κ1) is 13.1. The molecule has 18 heavy (non-hydrogen) atoms. The zero-order valence-corrected chi connectivity index (χ0v) is 11.7. The van der Waals surface area contributed by atoms with Gasteiger partial charge in [-0.1, -0.05) is 6.92 Å². The SMILES string of the molecule is CCN1CCC(N(C)c2cc(N)c(C)cn2)CC1. The highest BCUT2D eigenvalue weighted by Crippen LogP contribution is 2.23. The van der Waals surface area contributed by atoms with E-state index in [2.05, 4.69) is 28.8 Å². The van der Waals surface area contributed by atoms with Crippen LogP contribution in [0.2, 0.25) is 0 Å². The molecule has 0 amide bonds. The van der Waals surface area contributed by atoms with Gasteiger partial charge in [0.05, 0.1) is 0 Å². The van der Waals surface area contributed by atoms with E-state index < -0.39 is 0 Å². The molecule has 1 aromatic rings. The van der Waals surface area contributed by atoms with Gasteiger partial charge in [-0.2, -0.15) is 0 Å². The van der Waals surface area contributed by atoms with Crippen molar-refractivity contribution >= 4 is 11.5 Å². The highest BCUT2D eigenvalue weighted by atomic mass is 15.2. The van der Waals surface area contributed by atoms with Gasteiger partial charge in [-0.05, 0) is 31.9 Å². The summed E-state index contributed by atoms with van der Waals surface area (Å²) in [6, 6.07) is 2.57. The molecule has 0 unspecified atom stereocenters. The van der Waals surface area contributed by atoms with Gasteiger partial charge in [-0.3, -0.25) is 0 Å². The summed E-state index contributed by atoms with van der Waals surface area (Å²) in [5, 5.41) is 0. The van der Waals surface area contributed by atoms with Crippen LogP contribution in [0.4, 0.5) is 11.5 Å². The number of anilines is 2. The molecule has 0 atom stereocenters. The zero-order chi connectivity index (χ0) is 13.1. The van der Waals surface area contributed by atoms with E-state index in [4.69, 9.17) is 5.73 Å². The van der Waals surface area contributed by atoms with Crippen molar-refractivity contribution in [1.29, 1.82) is 0 Å². The lowest BCUT2D eigenvalue weighted by molar-refractivity contribution is 0.220. The lowest BCUT2D eigenvalue weighted by atomic mass is 10.0. The maximum Gasteiger partial charge on any atom is 0.130 e. The average molecular weight is 248 g/mol. The van der Waals surface area contributed by atoms with Crippen molar-refractivity contribution in [3.8, 4) is 0 Å². The molecule has 4 nitrogen and oxygen atoms in total. The number of nitrogens with zero attached hydrogens (tertiary/aromatic N) is 3. The Morgan fingerprint density at radius 3 is 2.67 bits per heavy atom. The zero-order valence-electron chi connectivity index (χ0n) is 11.7. The lowest BCUT2D eigenvalue weighted by Crippen LogP contribution is -2.43. The molecule has 0 bridgehead atoms. The smallest absolute Gasteiger partial charge is 0.130 e. The maximum absolute atomic E-state index is 5.96. The Morgan fingerprint density at radius 2 is 2.11 bits per heavy atom. The summed E-state index contributed by atoms with van der Waals surface area (Å²) in [4.78, 5) is 9.27. The summed E-state index contributed by atoms with van der Waals surface area (Å²) in [6.45, 7) is 7.75. The summed E-state index contributed by atoms with van der Waals surface area (Å²) in [7, 11) is 2.13. The molecule has 1 aliphatic heterocycles. The molecule has 4 heteroatoms. The van der Waals surface area contributed by atoms with Gasteiger partial charge in [-0.25, -0.2) is 4.98 Å². The fourth-order valence-electron chi connectivity index (χ4n) is 2.53. The van der Waals surface area contributed by atoms with Gasteiger partial charge in [0.2, 0.25) is 0 Å². The Bertz CT molecular complexity index is 397. The van der Waals surface area contributed by atoms with Crippen LogP contribution in [-0.2, 0) is 0 Å². The van der Waals surface area contributed by atoms with E-state index in [0.29, 0.717) is 6.04 Å². The van der Waals surface area contributed by atoms with Crippen LogP contribution in [0.5, 0.6) is 0 Å². The number of pyridine rings is 1. The van der Waals surface area contributed by atoms with Gasteiger partial charge in [0, 0.05) is 44.1 Å². The summed E-state index contributed by atoms with van der Waals surface area (Å²) in [5.74, 6) is 0.994. The van der Waals surface area contributed by atoms with Gasteiger partial charge in [-0.15, -0.1) is 0 Å². The highest BCUT2D eigenvalue weighted by Gasteiger charge is 2.22. The maximum atomic E-state index is 5.96. The minimum atomic E-state index is 0.586. The number of piperidine rings is 1. The van der Waals surface area contributed by atoms with Gasteiger partial charge in [0.25, 0.3) is 0 Å². The fraction of sp³-hybridized carbons (Fsp3) is 0.643. The van der Waals surface area contributed by atoms with E-state index in [1.807, 2.05) is 19.2 Å². The number of likely N-dealkylation sites (tertiary alicyclic amines) is 1. The molecule has 1 fully saturated rings. The molecule has 1 saturated heterocycles.